The van der Waals surface area contributed by atoms with Gasteiger partial charge in [-0.3, -0.25) is 0 Å². The number of alkyl halides is 1. The van der Waals surface area contributed by atoms with Crippen LogP contribution in [-0.4, -0.2) is 26.9 Å². The van der Waals surface area contributed by atoms with Crippen molar-refractivity contribution in [2.45, 2.75) is 9.79 Å². The van der Waals surface area contributed by atoms with Gasteiger partial charge < -0.3 is 0 Å². The Labute approximate surface area is 103 Å². The molecule has 0 amide bonds. The molecule has 0 aliphatic rings. The van der Waals surface area contributed by atoms with Gasteiger partial charge in [-0.2, -0.15) is 0 Å². The zero-order chi connectivity index (χ0) is 11.7. The van der Waals surface area contributed by atoms with Gasteiger partial charge in [0.1, 0.15) is 3.76 Å². The van der Waals surface area contributed by atoms with Crippen LogP contribution in [0.25, 0.3) is 0 Å². The fourth-order valence-corrected chi connectivity index (χ4v) is 4.45. The van der Waals surface area contributed by atoms with Crippen molar-refractivity contribution in [2.75, 3.05) is 10.0 Å². The van der Waals surface area contributed by atoms with E-state index in [0.29, 0.717) is 0 Å². The summed E-state index contributed by atoms with van der Waals surface area (Å²) in [6.45, 7) is 0. The maximum atomic E-state index is 11.6. The molecule has 0 N–H and O–H groups in total. The van der Waals surface area contributed by atoms with Crippen molar-refractivity contribution in [3.05, 3.63) is 24.3 Å². The molecule has 1 aromatic rings. The van der Waals surface area contributed by atoms with Crippen LogP contribution in [0.2, 0.25) is 0 Å². The number of hydrogen-bond acceptors (Lipinski definition) is 4. The summed E-state index contributed by atoms with van der Waals surface area (Å²) >= 11 is 1.70. The molecule has 0 saturated carbocycles. The highest BCUT2D eigenvalue weighted by atomic mass is 127. The molecule has 0 fully saturated rings. The van der Waals surface area contributed by atoms with Crippen molar-refractivity contribution in [2.24, 2.45) is 0 Å². The third kappa shape index (κ3) is 2.91. The summed E-state index contributed by atoms with van der Waals surface area (Å²) < 4.78 is 45.8. The molecule has 7 heteroatoms. The summed E-state index contributed by atoms with van der Waals surface area (Å²) in [5, 5.41) is 0. The van der Waals surface area contributed by atoms with E-state index in [1.54, 1.807) is 22.6 Å². The second-order valence-electron chi connectivity index (χ2n) is 2.94. The molecule has 0 bridgehead atoms. The smallest absolute Gasteiger partial charge is 0.188 e. The van der Waals surface area contributed by atoms with Crippen LogP contribution in [0.4, 0.5) is 0 Å². The van der Waals surface area contributed by atoms with Gasteiger partial charge in [-0.05, 0) is 12.1 Å². The second kappa shape index (κ2) is 4.38. The first kappa shape index (κ1) is 12.9. The van der Waals surface area contributed by atoms with Crippen LogP contribution in [0.15, 0.2) is 34.1 Å². The van der Waals surface area contributed by atoms with Gasteiger partial charge >= 0.3 is 0 Å². The standard InChI is InChI=1S/C8H9IO4S2/c1-14(10,11)7-4-2-3-5-8(7)15(12,13)6-9/h2-5H,6H2,1H3. The molecule has 15 heavy (non-hydrogen) atoms. The van der Waals surface area contributed by atoms with E-state index in [1.807, 2.05) is 0 Å². The maximum Gasteiger partial charge on any atom is 0.188 e. The van der Waals surface area contributed by atoms with E-state index in [4.69, 9.17) is 0 Å². The fraction of sp³-hybridized carbons (Fsp3) is 0.250. The summed E-state index contributed by atoms with van der Waals surface area (Å²) in [4.78, 5) is -0.261. The Hall–Kier alpha value is -0.150. The Balaban J connectivity index is 3.59. The predicted octanol–water partition coefficient (Wildman–Crippen LogP) is 1.26. The molecule has 0 saturated heterocycles. The van der Waals surface area contributed by atoms with E-state index in [2.05, 4.69) is 0 Å². The first-order chi connectivity index (χ1) is 6.79. The largest absolute Gasteiger partial charge is 0.224 e. The van der Waals surface area contributed by atoms with Crippen LogP contribution >= 0.6 is 22.6 Å². The molecule has 4 nitrogen and oxygen atoms in total. The normalized spacial score (nSPS) is 12.7. The van der Waals surface area contributed by atoms with Crippen LogP contribution in [0.1, 0.15) is 0 Å². The van der Waals surface area contributed by atoms with Gasteiger partial charge in [0, 0.05) is 6.26 Å². The summed E-state index contributed by atoms with van der Waals surface area (Å²) in [5.41, 5.74) is 0. The zero-order valence-electron chi connectivity index (χ0n) is 7.84. The predicted molar refractivity (Wildman–Crippen MR) is 65.6 cm³/mol. The summed E-state index contributed by atoms with van der Waals surface area (Å²) in [7, 11) is -7.01. The molecule has 1 rings (SSSR count). The highest BCUT2D eigenvalue weighted by Crippen LogP contribution is 2.22. The summed E-state index contributed by atoms with van der Waals surface area (Å²) in [5.74, 6) is 0. The molecule has 0 spiro atoms. The minimum Gasteiger partial charge on any atom is -0.224 e. The Morgan fingerprint density at radius 2 is 1.53 bits per heavy atom. The third-order valence-corrected chi connectivity index (χ3v) is 6.78. The Kier molecular flexibility index (Phi) is 3.77. The number of benzene rings is 1. The molecule has 0 aliphatic carbocycles. The van der Waals surface area contributed by atoms with E-state index >= 15 is 0 Å². The molecule has 0 aromatic heterocycles. The van der Waals surface area contributed by atoms with Gasteiger partial charge in [0.25, 0.3) is 0 Å². The van der Waals surface area contributed by atoms with Crippen LogP contribution in [0.5, 0.6) is 0 Å². The molecule has 0 aliphatic heterocycles. The lowest BCUT2D eigenvalue weighted by Gasteiger charge is -2.06. The van der Waals surface area contributed by atoms with E-state index in [9.17, 15) is 16.8 Å². The quantitative estimate of drug-likeness (QED) is 0.601. The van der Waals surface area contributed by atoms with Gasteiger partial charge in [0.15, 0.2) is 19.7 Å². The van der Waals surface area contributed by atoms with Crippen molar-refractivity contribution in [1.82, 2.24) is 0 Å². The van der Waals surface area contributed by atoms with E-state index in [0.717, 1.165) is 6.26 Å². The van der Waals surface area contributed by atoms with Gasteiger partial charge in [-0.15, -0.1) is 0 Å². The summed E-state index contributed by atoms with van der Waals surface area (Å²) in [6, 6.07) is 5.62. The van der Waals surface area contributed by atoms with Gasteiger partial charge in [0.2, 0.25) is 0 Å². The van der Waals surface area contributed by atoms with Crippen LogP contribution in [0.3, 0.4) is 0 Å². The minimum absolute atomic E-state index is 0.123. The summed E-state index contributed by atoms with van der Waals surface area (Å²) in [6.07, 6.45) is 0.995. The Morgan fingerprint density at radius 3 is 1.93 bits per heavy atom. The first-order valence-electron chi connectivity index (χ1n) is 3.87. The lowest BCUT2D eigenvalue weighted by molar-refractivity contribution is 0.588. The van der Waals surface area contributed by atoms with Gasteiger partial charge in [0.05, 0.1) is 9.79 Å². The maximum absolute atomic E-state index is 11.6. The first-order valence-corrected chi connectivity index (χ1v) is 8.94. The second-order valence-corrected chi connectivity index (χ2v) is 8.68. The minimum atomic E-state index is -3.51. The average molecular weight is 360 g/mol. The Morgan fingerprint density at radius 1 is 1.07 bits per heavy atom. The molecule has 84 valence electrons. The van der Waals surface area contributed by atoms with E-state index in [-0.39, 0.29) is 13.6 Å². The van der Waals surface area contributed by atoms with Crippen molar-refractivity contribution >= 4 is 42.3 Å². The molecule has 0 radical (unpaired) electrons. The zero-order valence-corrected chi connectivity index (χ0v) is 11.6. The molecule has 1 aromatic carbocycles. The molecular weight excluding hydrogens is 351 g/mol. The molecular formula is C8H9IO4S2. The fourth-order valence-electron chi connectivity index (χ4n) is 1.07. The van der Waals surface area contributed by atoms with Crippen LogP contribution in [-0.2, 0) is 19.7 Å². The number of halogens is 1. The highest BCUT2D eigenvalue weighted by Gasteiger charge is 2.21. The molecule has 0 heterocycles. The van der Waals surface area contributed by atoms with Crippen molar-refractivity contribution < 1.29 is 16.8 Å². The van der Waals surface area contributed by atoms with E-state index < -0.39 is 19.7 Å². The topological polar surface area (TPSA) is 68.3 Å². The van der Waals surface area contributed by atoms with Crippen LogP contribution < -0.4 is 0 Å². The number of hydrogen-bond donors (Lipinski definition) is 0. The van der Waals surface area contributed by atoms with Crippen molar-refractivity contribution in [3.8, 4) is 0 Å². The van der Waals surface area contributed by atoms with Crippen molar-refractivity contribution in [1.29, 1.82) is 0 Å². The van der Waals surface area contributed by atoms with Crippen molar-refractivity contribution in [3.63, 3.8) is 0 Å². The van der Waals surface area contributed by atoms with E-state index in [1.165, 1.54) is 24.3 Å². The average Bonchev–Trinajstić information content (AvgIpc) is 2.16. The monoisotopic (exact) mass is 360 g/mol. The Bertz CT molecular complexity index is 560. The van der Waals surface area contributed by atoms with Gasteiger partial charge in [-0.1, -0.05) is 34.7 Å². The number of rotatable bonds is 3. The molecule has 0 atom stereocenters. The lowest BCUT2D eigenvalue weighted by atomic mass is 10.4. The third-order valence-electron chi connectivity index (χ3n) is 1.73. The SMILES string of the molecule is CS(=O)(=O)c1ccccc1S(=O)(=O)CI. The van der Waals surface area contributed by atoms with Gasteiger partial charge in [-0.25, -0.2) is 16.8 Å². The van der Waals surface area contributed by atoms with Crippen LogP contribution in [0, 0.1) is 0 Å². The molecule has 0 unspecified atom stereocenters. The lowest BCUT2D eigenvalue weighted by Crippen LogP contribution is -2.09. The number of sulfone groups is 2. The highest BCUT2D eigenvalue weighted by molar-refractivity contribution is 14.1.